The SMILES string of the molecule is CCCc1nc(NN)cc(OCC(F)(F)F)n1. The van der Waals surface area contributed by atoms with Crippen molar-refractivity contribution >= 4 is 5.82 Å². The number of anilines is 1. The van der Waals surface area contributed by atoms with Crippen molar-refractivity contribution < 1.29 is 17.9 Å². The number of hydrogen-bond donors (Lipinski definition) is 2. The van der Waals surface area contributed by atoms with E-state index in [0.29, 0.717) is 12.2 Å². The number of rotatable bonds is 5. The molecule has 0 aliphatic rings. The molecule has 0 fully saturated rings. The molecule has 0 saturated heterocycles. The van der Waals surface area contributed by atoms with Crippen molar-refractivity contribution in [2.45, 2.75) is 25.9 Å². The minimum Gasteiger partial charge on any atom is -0.468 e. The predicted octanol–water partition coefficient (Wildman–Crippen LogP) is 1.66. The average Bonchev–Trinajstić information content (AvgIpc) is 2.25. The molecule has 1 heterocycles. The summed E-state index contributed by atoms with van der Waals surface area (Å²) in [5.74, 6) is 5.61. The summed E-state index contributed by atoms with van der Waals surface area (Å²) >= 11 is 0. The highest BCUT2D eigenvalue weighted by Gasteiger charge is 2.28. The lowest BCUT2D eigenvalue weighted by molar-refractivity contribution is -0.154. The molecular formula is C9H13F3N4O. The molecule has 0 amide bonds. The second-order valence-corrected chi connectivity index (χ2v) is 3.31. The highest BCUT2D eigenvalue weighted by atomic mass is 19.4. The van der Waals surface area contributed by atoms with Crippen LogP contribution in [0.4, 0.5) is 19.0 Å². The highest BCUT2D eigenvalue weighted by Crippen LogP contribution is 2.19. The number of nitrogen functional groups attached to an aromatic ring is 1. The van der Waals surface area contributed by atoms with Gasteiger partial charge in [-0.1, -0.05) is 6.92 Å². The van der Waals surface area contributed by atoms with Gasteiger partial charge in [-0.25, -0.2) is 10.8 Å². The topological polar surface area (TPSA) is 73.1 Å². The van der Waals surface area contributed by atoms with Crippen molar-refractivity contribution in [1.29, 1.82) is 0 Å². The molecule has 0 unspecified atom stereocenters. The van der Waals surface area contributed by atoms with Gasteiger partial charge in [0.15, 0.2) is 6.61 Å². The van der Waals surface area contributed by atoms with Gasteiger partial charge in [-0.05, 0) is 6.42 Å². The summed E-state index contributed by atoms with van der Waals surface area (Å²) in [4.78, 5) is 7.82. The van der Waals surface area contributed by atoms with E-state index in [1.807, 2.05) is 6.92 Å². The fourth-order valence-electron chi connectivity index (χ4n) is 1.11. The summed E-state index contributed by atoms with van der Waals surface area (Å²) in [6, 6.07) is 1.21. The van der Waals surface area contributed by atoms with E-state index in [2.05, 4.69) is 20.1 Å². The lowest BCUT2D eigenvalue weighted by atomic mass is 10.3. The zero-order chi connectivity index (χ0) is 12.9. The molecule has 0 bridgehead atoms. The number of halogens is 3. The van der Waals surface area contributed by atoms with Gasteiger partial charge in [-0.3, -0.25) is 0 Å². The number of alkyl halides is 3. The van der Waals surface area contributed by atoms with Crippen LogP contribution >= 0.6 is 0 Å². The largest absolute Gasteiger partial charge is 0.468 e. The predicted molar refractivity (Wildman–Crippen MR) is 55.4 cm³/mol. The van der Waals surface area contributed by atoms with Gasteiger partial charge >= 0.3 is 6.18 Å². The molecule has 0 aliphatic heterocycles. The molecule has 0 aromatic carbocycles. The van der Waals surface area contributed by atoms with Crippen LogP contribution in [0, 0.1) is 0 Å². The minimum absolute atomic E-state index is 0.145. The van der Waals surface area contributed by atoms with Crippen LogP contribution in [0.15, 0.2) is 6.07 Å². The van der Waals surface area contributed by atoms with E-state index in [1.165, 1.54) is 6.07 Å². The maximum atomic E-state index is 12.0. The first-order chi connectivity index (χ1) is 7.94. The Morgan fingerprint density at radius 1 is 1.41 bits per heavy atom. The lowest BCUT2D eigenvalue weighted by Crippen LogP contribution is -2.20. The summed E-state index contributed by atoms with van der Waals surface area (Å²) in [5.41, 5.74) is 2.25. The van der Waals surface area contributed by atoms with Crippen LogP contribution in [-0.2, 0) is 6.42 Å². The van der Waals surface area contributed by atoms with Crippen molar-refractivity contribution in [2.24, 2.45) is 5.84 Å². The first-order valence-corrected chi connectivity index (χ1v) is 4.98. The van der Waals surface area contributed by atoms with E-state index in [0.717, 1.165) is 6.42 Å². The standard InChI is InChI=1S/C9H13F3N4O/c1-2-3-6-14-7(16-13)4-8(15-6)17-5-9(10,11)12/h4H,2-3,5,13H2,1H3,(H,14,15,16). The molecule has 3 N–H and O–H groups in total. The number of hydrazine groups is 1. The van der Waals surface area contributed by atoms with Crippen molar-refractivity contribution in [1.82, 2.24) is 9.97 Å². The van der Waals surface area contributed by atoms with E-state index in [4.69, 9.17) is 5.84 Å². The molecule has 0 atom stereocenters. The molecule has 96 valence electrons. The van der Waals surface area contributed by atoms with E-state index in [-0.39, 0.29) is 11.7 Å². The fraction of sp³-hybridized carbons (Fsp3) is 0.556. The fourth-order valence-corrected chi connectivity index (χ4v) is 1.11. The van der Waals surface area contributed by atoms with E-state index in [1.54, 1.807) is 0 Å². The first-order valence-electron chi connectivity index (χ1n) is 4.98. The molecular weight excluding hydrogens is 237 g/mol. The van der Waals surface area contributed by atoms with Crippen molar-refractivity contribution in [3.8, 4) is 5.88 Å². The highest BCUT2D eigenvalue weighted by molar-refractivity contribution is 5.37. The number of nitrogens with one attached hydrogen (secondary N) is 1. The number of hydrogen-bond acceptors (Lipinski definition) is 5. The summed E-state index contributed by atoms with van der Waals surface area (Å²) in [6.07, 6.45) is -3.09. The molecule has 17 heavy (non-hydrogen) atoms. The molecule has 0 radical (unpaired) electrons. The van der Waals surface area contributed by atoms with Crippen molar-refractivity contribution in [2.75, 3.05) is 12.0 Å². The Balaban J connectivity index is 2.79. The van der Waals surface area contributed by atoms with Crippen LogP contribution in [0.25, 0.3) is 0 Å². The molecule has 5 nitrogen and oxygen atoms in total. The van der Waals surface area contributed by atoms with E-state index >= 15 is 0 Å². The Labute approximate surface area is 96.2 Å². The average molecular weight is 250 g/mol. The summed E-state index contributed by atoms with van der Waals surface area (Å²) in [6.45, 7) is 0.516. The Bertz CT molecular complexity index is 370. The Morgan fingerprint density at radius 3 is 2.65 bits per heavy atom. The Kier molecular flexibility index (Phi) is 4.50. The first kappa shape index (κ1) is 13.5. The summed E-state index contributed by atoms with van der Waals surface area (Å²) in [5, 5.41) is 0. The third kappa shape index (κ3) is 4.85. The number of nitrogens with zero attached hydrogens (tertiary/aromatic N) is 2. The number of aromatic nitrogens is 2. The molecule has 0 spiro atoms. The lowest BCUT2D eigenvalue weighted by Gasteiger charge is -2.10. The van der Waals surface area contributed by atoms with Crippen molar-refractivity contribution in [3.63, 3.8) is 0 Å². The molecule has 1 aromatic heterocycles. The third-order valence-corrected chi connectivity index (χ3v) is 1.75. The van der Waals surface area contributed by atoms with Crippen LogP contribution in [0.2, 0.25) is 0 Å². The zero-order valence-electron chi connectivity index (χ0n) is 9.21. The molecule has 1 aromatic rings. The zero-order valence-corrected chi connectivity index (χ0v) is 9.21. The van der Waals surface area contributed by atoms with Crippen LogP contribution in [0.1, 0.15) is 19.2 Å². The van der Waals surface area contributed by atoms with Gasteiger partial charge in [0.2, 0.25) is 5.88 Å². The van der Waals surface area contributed by atoms with Crippen LogP contribution in [-0.4, -0.2) is 22.8 Å². The van der Waals surface area contributed by atoms with Crippen LogP contribution < -0.4 is 16.0 Å². The van der Waals surface area contributed by atoms with Gasteiger partial charge in [-0.15, -0.1) is 0 Å². The summed E-state index contributed by atoms with van der Waals surface area (Å²) < 4.78 is 40.4. The Hall–Kier alpha value is -1.57. The molecule has 0 saturated carbocycles. The smallest absolute Gasteiger partial charge is 0.422 e. The van der Waals surface area contributed by atoms with Crippen LogP contribution in [0.3, 0.4) is 0 Å². The van der Waals surface area contributed by atoms with E-state index in [9.17, 15) is 13.2 Å². The third-order valence-electron chi connectivity index (χ3n) is 1.75. The second-order valence-electron chi connectivity index (χ2n) is 3.31. The van der Waals surface area contributed by atoms with E-state index < -0.39 is 12.8 Å². The monoisotopic (exact) mass is 250 g/mol. The number of aryl methyl sites for hydroxylation is 1. The van der Waals surface area contributed by atoms with Crippen molar-refractivity contribution in [3.05, 3.63) is 11.9 Å². The quantitative estimate of drug-likeness (QED) is 0.614. The molecule has 1 rings (SSSR count). The molecule has 8 heteroatoms. The van der Waals surface area contributed by atoms with Gasteiger partial charge in [-0.2, -0.15) is 18.2 Å². The Morgan fingerprint density at radius 2 is 2.12 bits per heavy atom. The second kappa shape index (κ2) is 5.67. The number of nitrogens with two attached hydrogens (primary N) is 1. The number of ether oxygens (including phenoxy) is 1. The molecule has 0 aliphatic carbocycles. The van der Waals surface area contributed by atoms with Gasteiger partial charge in [0.1, 0.15) is 11.6 Å². The van der Waals surface area contributed by atoms with Gasteiger partial charge in [0.25, 0.3) is 0 Å². The van der Waals surface area contributed by atoms with Gasteiger partial charge in [0, 0.05) is 12.5 Å². The normalized spacial score (nSPS) is 11.4. The van der Waals surface area contributed by atoms with Gasteiger partial charge < -0.3 is 10.2 Å². The summed E-state index contributed by atoms with van der Waals surface area (Å²) in [7, 11) is 0. The van der Waals surface area contributed by atoms with Gasteiger partial charge in [0.05, 0.1) is 0 Å². The minimum atomic E-state index is -4.40. The maximum Gasteiger partial charge on any atom is 0.422 e. The maximum absolute atomic E-state index is 12.0. The van der Waals surface area contributed by atoms with Crippen LogP contribution in [0.5, 0.6) is 5.88 Å².